The third-order valence-corrected chi connectivity index (χ3v) is 4.70. The minimum absolute atomic E-state index is 0.0626. The molecule has 4 rings (SSSR count). The van der Waals surface area contributed by atoms with Crippen LogP contribution in [0.1, 0.15) is 16.7 Å². The molecule has 0 saturated heterocycles. The fraction of sp³-hybridized carbons (Fsp3) is 0.0870. The molecule has 0 amide bonds. The molecule has 0 atom stereocenters. The molecular weight excluding hydrogens is 386 g/mol. The number of carbonyl (C=O) groups excluding carboxylic acids is 1. The molecule has 0 spiro atoms. The summed E-state index contributed by atoms with van der Waals surface area (Å²) >= 11 is 6.20. The predicted molar refractivity (Wildman–Crippen MR) is 113 cm³/mol. The zero-order valence-electron chi connectivity index (χ0n) is 15.5. The van der Waals surface area contributed by atoms with Crippen LogP contribution in [0.15, 0.2) is 79.1 Å². The highest BCUT2D eigenvalue weighted by atomic mass is 35.5. The van der Waals surface area contributed by atoms with Gasteiger partial charge in [0.1, 0.15) is 11.8 Å². The number of ether oxygens (including phenoxy) is 1. The van der Waals surface area contributed by atoms with Gasteiger partial charge in [0.15, 0.2) is 0 Å². The number of hydrogen-bond acceptors (Lipinski definition) is 4. The van der Waals surface area contributed by atoms with Crippen LogP contribution in [-0.2, 0) is 22.7 Å². The molecule has 2 aromatic heterocycles. The molecule has 5 nitrogen and oxygen atoms in total. The fourth-order valence-corrected chi connectivity index (χ4v) is 3.12. The summed E-state index contributed by atoms with van der Waals surface area (Å²) in [5.41, 5.74) is 3.46. The second kappa shape index (κ2) is 8.71. The Morgan fingerprint density at radius 2 is 1.90 bits per heavy atom. The van der Waals surface area contributed by atoms with Gasteiger partial charge in [-0.3, -0.25) is 4.68 Å². The topological polar surface area (TPSA) is 57.0 Å². The third-order valence-electron chi connectivity index (χ3n) is 4.37. The normalized spacial score (nSPS) is 11.2. The summed E-state index contributed by atoms with van der Waals surface area (Å²) in [6, 6.07) is 19.6. The van der Waals surface area contributed by atoms with E-state index in [-0.39, 0.29) is 6.61 Å². The quantitative estimate of drug-likeness (QED) is 0.261. The lowest BCUT2D eigenvalue weighted by atomic mass is 10.2. The van der Waals surface area contributed by atoms with Crippen LogP contribution in [0.5, 0.6) is 0 Å². The van der Waals surface area contributed by atoms with E-state index in [0.717, 1.165) is 22.0 Å². The van der Waals surface area contributed by atoms with Gasteiger partial charge in [0, 0.05) is 28.8 Å². The maximum absolute atomic E-state index is 12.1. The van der Waals surface area contributed by atoms with Crippen molar-refractivity contribution in [2.75, 3.05) is 0 Å². The van der Waals surface area contributed by atoms with Gasteiger partial charge in [-0.15, -0.1) is 0 Å². The Kier molecular flexibility index (Phi) is 5.68. The molecule has 0 N–H and O–H groups in total. The number of pyridine rings is 1. The number of para-hydroxylation sites is 1. The molecule has 0 saturated carbocycles. The average Bonchev–Trinajstić information content (AvgIpc) is 3.18. The minimum Gasteiger partial charge on any atom is -0.458 e. The molecule has 0 unspecified atom stereocenters. The summed E-state index contributed by atoms with van der Waals surface area (Å²) in [6.45, 7) is 0.736. The maximum atomic E-state index is 12.1. The molecule has 0 aliphatic rings. The Morgan fingerprint density at radius 3 is 2.76 bits per heavy atom. The first-order valence-corrected chi connectivity index (χ1v) is 9.50. The van der Waals surface area contributed by atoms with Gasteiger partial charge < -0.3 is 4.74 Å². The largest absolute Gasteiger partial charge is 0.458 e. The van der Waals surface area contributed by atoms with E-state index >= 15 is 0 Å². The summed E-state index contributed by atoms with van der Waals surface area (Å²) < 4.78 is 7.12. The summed E-state index contributed by atoms with van der Waals surface area (Å²) in [6.07, 6.45) is 6.64. The van der Waals surface area contributed by atoms with E-state index in [1.807, 2.05) is 71.5 Å². The molecule has 2 aromatic carbocycles. The lowest BCUT2D eigenvalue weighted by Crippen LogP contribution is -2.02. The van der Waals surface area contributed by atoms with Crippen molar-refractivity contribution in [1.82, 2.24) is 14.8 Å². The van der Waals surface area contributed by atoms with Crippen LogP contribution in [0, 0.1) is 0 Å². The first kappa shape index (κ1) is 18.9. The van der Waals surface area contributed by atoms with Crippen molar-refractivity contribution in [3.8, 4) is 0 Å². The van der Waals surface area contributed by atoms with Crippen LogP contribution < -0.4 is 0 Å². The highest BCUT2D eigenvalue weighted by Crippen LogP contribution is 2.21. The van der Waals surface area contributed by atoms with Crippen LogP contribution in [0.2, 0.25) is 5.15 Å². The van der Waals surface area contributed by atoms with Gasteiger partial charge in [-0.05, 0) is 23.8 Å². The summed E-state index contributed by atoms with van der Waals surface area (Å²) in [4.78, 5) is 16.4. The van der Waals surface area contributed by atoms with E-state index in [9.17, 15) is 4.79 Å². The van der Waals surface area contributed by atoms with Crippen LogP contribution in [0.3, 0.4) is 0 Å². The highest BCUT2D eigenvalue weighted by Gasteiger charge is 2.07. The van der Waals surface area contributed by atoms with E-state index < -0.39 is 5.97 Å². The molecule has 0 bridgehead atoms. The fourth-order valence-electron chi connectivity index (χ4n) is 2.92. The van der Waals surface area contributed by atoms with Gasteiger partial charge in [0.25, 0.3) is 0 Å². The Hall–Kier alpha value is -3.44. The van der Waals surface area contributed by atoms with Crippen molar-refractivity contribution < 1.29 is 9.53 Å². The van der Waals surface area contributed by atoms with Gasteiger partial charge in [-0.1, -0.05) is 60.1 Å². The Bertz CT molecular complexity index is 1170. The van der Waals surface area contributed by atoms with E-state index in [1.165, 1.54) is 6.08 Å². The van der Waals surface area contributed by atoms with Crippen molar-refractivity contribution >= 4 is 34.5 Å². The van der Waals surface area contributed by atoms with Crippen molar-refractivity contribution in [1.29, 1.82) is 0 Å². The monoisotopic (exact) mass is 403 g/mol. The van der Waals surface area contributed by atoms with E-state index in [0.29, 0.717) is 17.3 Å². The molecule has 144 valence electrons. The lowest BCUT2D eigenvalue weighted by Gasteiger charge is -2.06. The van der Waals surface area contributed by atoms with Gasteiger partial charge in [0.05, 0.1) is 18.3 Å². The Labute approximate surface area is 173 Å². The SMILES string of the molecule is O=C(/C=C/c1cnn(Cc2ccccc2)c1)OCc1cc2ccccc2nc1Cl. The number of fused-ring (bicyclic) bond motifs is 1. The second-order valence-electron chi connectivity index (χ2n) is 6.53. The standard InChI is InChI=1S/C23H18ClN3O2/c24-23-20(12-19-8-4-5-9-21(19)26-23)16-29-22(28)11-10-18-13-25-27(15-18)14-17-6-2-1-3-7-17/h1-13,15H,14,16H2/b11-10+. The summed E-state index contributed by atoms with van der Waals surface area (Å²) in [5.74, 6) is -0.454. The summed E-state index contributed by atoms with van der Waals surface area (Å²) in [5, 5.41) is 5.60. The number of hydrogen-bond donors (Lipinski definition) is 0. The van der Waals surface area contributed by atoms with Crippen molar-refractivity contribution in [2.24, 2.45) is 0 Å². The molecule has 0 radical (unpaired) electrons. The molecule has 6 heteroatoms. The molecular formula is C23H18ClN3O2. The average molecular weight is 404 g/mol. The number of esters is 1. The molecule has 0 fully saturated rings. The van der Waals surface area contributed by atoms with Gasteiger partial charge in [-0.25, -0.2) is 9.78 Å². The van der Waals surface area contributed by atoms with Crippen molar-refractivity contribution in [3.63, 3.8) is 0 Å². The van der Waals surface area contributed by atoms with Crippen molar-refractivity contribution in [3.05, 3.63) is 101 Å². The number of carbonyl (C=O) groups is 1. The third kappa shape index (κ3) is 4.89. The lowest BCUT2D eigenvalue weighted by molar-refractivity contribution is -0.138. The zero-order chi connectivity index (χ0) is 20.1. The highest BCUT2D eigenvalue weighted by molar-refractivity contribution is 6.30. The van der Waals surface area contributed by atoms with Gasteiger partial charge in [0.2, 0.25) is 0 Å². The maximum Gasteiger partial charge on any atom is 0.331 e. The smallest absolute Gasteiger partial charge is 0.331 e. The Morgan fingerprint density at radius 1 is 1.10 bits per heavy atom. The number of benzene rings is 2. The first-order chi connectivity index (χ1) is 14.2. The van der Waals surface area contributed by atoms with Gasteiger partial charge in [-0.2, -0.15) is 5.10 Å². The second-order valence-corrected chi connectivity index (χ2v) is 6.89. The van der Waals surface area contributed by atoms with Crippen LogP contribution in [0.4, 0.5) is 0 Å². The zero-order valence-corrected chi connectivity index (χ0v) is 16.3. The van der Waals surface area contributed by atoms with E-state index in [4.69, 9.17) is 16.3 Å². The number of halogens is 1. The minimum atomic E-state index is -0.454. The Balaban J connectivity index is 1.35. The molecule has 0 aliphatic heterocycles. The van der Waals surface area contributed by atoms with Crippen LogP contribution in [-0.4, -0.2) is 20.7 Å². The summed E-state index contributed by atoms with van der Waals surface area (Å²) in [7, 11) is 0. The molecule has 4 aromatic rings. The van der Waals surface area contributed by atoms with Crippen molar-refractivity contribution in [2.45, 2.75) is 13.2 Å². The predicted octanol–water partition coefficient (Wildman–Crippen LogP) is 4.89. The van der Waals surface area contributed by atoms with Gasteiger partial charge >= 0.3 is 5.97 Å². The number of nitrogens with zero attached hydrogens (tertiary/aromatic N) is 3. The molecule has 29 heavy (non-hydrogen) atoms. The van der Waals surface area contributed by atoms with Crippen LogP contribution in [0.25, 0.3) is 17.0 Å². The van der Waals surface area contributed by atoms with Crippen LogP contribution >= 0.6 is 11.6 Å². The molecule has 2 heterocycles. The van der Waals surface area contributed by atoms with E-state index in [2.05, 4.69) is 10.1 Å². The molecule has 0 aliphatic carbocycles. The first-order valence-electron chi connectivity index (χ1n) is 9.13. The van der Waals surface area contributed by atoms with E-state index in [1.54, 1.807) is 12.3 Å². The number of aromatic nitrogens is 3. The number of rotatable bonds is 6.